The van der Waals surface area contributed by atoms with Crippen molar-refractivity contribution in [3.63, 3.8) is 0 Å². The number of urea groups is 1. The van der Waals surface area contributed by atoms with Gasteiger partial charge in [-0.3, -0.25) is 5.32 Å². The Kier molecular flexibility index (Phi) is 7.45. The van der Waals surface area contributed by atoms with Crippen molar-refractivity contribution in [1.29, 1.82) is 0 Å². The number of halogens is 1. The van der Waals surface area contributed by atoms with Crippen molar-refractivity contribution in [3.05, 3.63) is 64.9 Å². The molecule has 0 saturated carbocycles. The fourth-order valence-corrected chi connectivity index (χ4v) is 3.01. The molecule has 0 aliphatic carbocycles. The van der Waals surface area contributed by atoms with Crippen molar-refractivity contribution >= 4 is 40.9 Å². The molecular weight excluding hydrogens is 432 g/mol. The lowest BCUT2D eigenvalue weighted by atomic mass is 10.2. The van der Waals surface area contributed by atoms with Gasteiger partial charge in [0.15, 0.2) is 0 Å². The largest absolute Gasteiger partial charge is 0.497 e. The minimum absolute atomic E-state index is 0.0843. The first kappa shape index (κ1) is 22.8. The highest BCUT2D eigenvalue weighted by Crippen LogP contribution is 2.29. The van der Waals surface area contributed by atoms with E-state index < -0.39 is 6.03 Å². The fraction of sp³-hybridized carbons (Fsp3) is 0.182. The van der Waals surface area contributed by atoms with E-state index in [4.69, 9.17) is 21.1 Å². The van der Waals surface area contributed by atoms with Crippen molar-refractivity contribution in [2.24, 2.45) is 4.99 Å². The Bertz CT molecular complexity index is 1130. The Morgan fingerprint density at radius 1 is 0.969 bits per heavy atom. The highest BCUT2D eigenvalue weighted by Gasteiger charge is 2.13. The van der Waals surface area contributed by atoms with Crippen molar-refractivity contribution in [1.82, 2.24) is 15.3 Å². The fourth-order valence-electron chi connectivity index (χ4n) is 2.82. The van der Waals surface area contributed by atoms with E-state index in [9.17, 15) is 4.79 Å². The van der Waals surface area contributed by atoms with E-state index in [-0.39, 0.29) is 11.9 Å². The molecule has 32 heavy (non-hydrogen) atoms. The molecule has 2 amide bonds. The van der Waals surface area contributed by atoms with E-state index in [1.54, 1.807) is 49.6 Å². The van der Waals surface area contributed by atoms with Gasteiger partial charge in [0.1, 0.15) is 11.5 Å². The lowest BCUT2D eigenvalue weighted by Gasteiger charge is -2.15. The monoisotopic (exact) mass is 454 g/mol. The number of guanidine groups is 1. The minimum Gasteiger partial charge on any atom is -0.497 e. The third kappa shape index (κ3) is 6.32. The molecule has 0 aliphatic heterocycles. The number of hydrogen-bond donors (Lipinski definition) is 3. The molecule has 1 aromatic heterocycles. The molecule has 3 rings (SSSR count). The summed E-state index contributed by atoms with van der Waals surface area (Å²) >= 11 is 5.99. The van der Waals surface area contributed by atoms with Crippen LogP contribution in [0.4, 0.5) is 22.1 Å². The molecule has 3 aromatic rings. The Balaban J connectivity index is 1.92. The molecule has 10 heteroatoms. The van der Waals surface area contributed by atoms with Gasteiger partial charge in [-0.2, -0.15) is 4.99 Å². The number of aryl methyl sites for hydroxylation is 2. The number of nitrogens with one attached hydrogen (secondary N) is 3. The zero-order valence-electron chi connectivity index (χ0n) is 18.1. The number of amides is 2. The lowest BCUT2D eigenvalue weighted by molar-refractivity contribution is 0.256. The number of carbonyl (C=O) groups is 1. The summed E-state index contributed by atoms with van der Waals surface area (Å²) in [6.07, 6.45) is 0. The van der Waals surface area contributed by atoms with Crippen LogP contribution < -0.4 is 25.4 Å². The van der Waals surface area contributed by atoms with Gasteiger partial charge in [-0.1, -0.05) is 17.7 Å². The Hall–Kier alpha value is -3.85. The first-order valence-corrected chi connectivity index (χ1v) is 9.97. The van der Waals surface area contributed by atoms with Crippen molar-refractivity contribution < 1.29 is 14.3 Å². The van der Waals surface area contributed by atoms with Crippen LogP contribution in [0.2, 0.25) is 5.02 Å². The maximum Gasteiger partial charge on any atom is 0.326 e. The molecule has 0 spiro atoms. The van der Waals surface area contributed by atoms with Crippen LogP contribution in [0.15, 0.2) is 53.5 Å². The molecule has 0 aliphatic rings. The number of methoxy groups -OCH3 is 2. The van der Waals surface area contributed by atoms with E-state index in [1.165, 1.54) is 7.11 Å². The Labute approximate surface area is 190 Å². The summed E-state index contributed by atoms with van der Waals surface area (Å²) in [6.45, 7) is 3.68. The SMILES string of the molecule is COc1ccc(OC)c(N/C(=N\c2nc(C)cc(C)n2)NC(=O)Nc2cccc(Cl)c2)c1. The summed E-state index contributed by atoms with van der Waals surface area (Å²) in [5.41, 5.74) is 2.55. The smallest absolute Gasteiger partial charge is 0.326 e. The summed E-state index contributed by atoms with van der Waals surface area (Å²) in [4.78, 5) is 25.7. The maximum absolute atomic E-state index is 12.6. The van der Waals surface area contributed by atoms with E-state index in [0.717, 1.165) is 11.4 Å². The van der Waals surface area contributed by atoms with Crippen LogP contribution in [0, 0.1) is 13.8 Å². The predicted octanol–water partition coefficient (Wildman–Crippen LogP) is 4.69. The van der Waals surface area contributed by atoms with Crippen LogP contribution in [-0.4, -0.2) is 36.2 Å². The average molecular weight is 455 g/mol. The van der Waals surface area contributed by atoms with Crippen LogP contribution in [0.1, 0.15) is 11.4 Å². The molecular formula is C22H23ClN6O3. The predicted molar refractivity (Wildman–Crippen MR) is 125 cm³/mol. The summed E-state index contributed by atoms with van der Waals surface area (Å²) in [5, 5.41) is 8.94. The van der Waals surface area contributed by atoms with Gasteiger partial charge < -0.3 is 20.1 Å². The third-order valence-electron chi connectivity index (χ3n) is 4.16. The van der Waals surface area contributed by atoms with Crippen LogP contribution in [-0.2, 0) is 0 Å². The van der Waals surface area contributed by atoms with Crippen LogP contribution >= 0.6 is 11.6 Å². The normalized spacial score (nSPS) is 11.0. The number of benzene rings is 2. The summed E-state index contributed by atoms with van der Waals surface area (Å²) in [5.74, 6) is 1.39. The molecule has 0 radical (unpaired) electrons. The molecule has 0 bridgehead atoms. The van der Waals surface area contributed by atoms with Gasteiger partial charge in [-0.25, -0.2) is 14.8 Å². The Morgan fingerprint density at radius 3 is 2.38 bits per heavy atom. The van der Waals surface area contributed by atoms with Crippen LogP contribution in [0.25, 0.3) is 0 Å². The van der Waals surface area contributed by atoms with Crippen molar-refractivity contribution in [2.45, 2.75) is 13.8 Å². The van der Waals surface area contributed by atoms with E-state index >= 15 is 0 Å². The van der Waals surface area contributed by atoms with E-state index in [1.807, 2.05) is 19.9 Å². The highest BCUT2D eigenvalue weighted by molar-refractivity contribution is 6.30. The van der Waals surface area contributed by atoms with Crippen molar-refractivity contribution in [3.8, 4) is 11.5 Å². The number of nitrogens with zero attached hydrogens (tertiary/aromatic N) is 3. The second-order valence-electron chi connectivity index (χ2n) is 6.69. The van der Waals surface area contributed by atoms with Crippen LogP contribution in [0.3, 0.4) is 0 Å². The average Bonchev–Trinajstić information content (AvgIpc) is 2.72. The first-order valence-electron chi connectivity index (χ1n) is 9.60. The van der Waals surface area contributed by atoms with E-state index in [0.29, 0.717) is 27.9 Å². The number of anilines is 2. The van der Waals surface area contributed by atoms with Gasteiger partial charge in [0.05, 0.1) is 19.9 Å². The van der Waals surface area contributed by atoms with Crippen molar-refractivity contribution in [2.75, 3.05) is 24.9 Å². The molecule has 0 fully saturated rings. The zero-order chi connectivity index (χ0) is 23.1. The van der Waals surface area contributed by atoms with Gasteiger partial charge in [-0.15, -0.1) is 0 Å². The van der Waals surface area contributed by atoms with E-state index in [2.05, 4.69) is 30.9 Å². The molecule has 0 unspecified atom stereocenters. The number of ether oxygens (including phenoxy) is 2. The number of aromatic nitrogens is 2. The van der Waals surface area contributed by atoms with Gasteiger partial charge in [-0.05, 0) is 50.2 Å². The van der Waals surface area contributed by atoms with Gasteiger partial charge in [0, 0.05) is 28.2 Å². The molecule has 3 N–H and O–H groups in total. The molecule has 1 heterocycles. The quantitative estimate of drug-likeness (QED) is 0.381. The molecule has 9 nitrogen and oxygen atoms in total. The molecule has 2 aromatic carbocycles. The number of hydrogen-bond acceptors (Lipinski definition) is 6. The standard InChI is InChI=1S/C22H23ClN6O3/c1-13-10-14(2)25-20(24-13)28-21(27-18-12-17(31-3)8-9-19(18)32-4)29-22(30)26-16-7-5-6-15(23)11-16/h5-12H,1-4H3,(H3,24,25,26,27,28,29,30). The Morgan fingerprint density at radius 2 is 1.72 bits per heavy atom. The molecule has 0 saturated heterocycles. The number of carbonyl (C=O) groups excluding carboxylic acids is 1. The minimum atomic E-state index is -0.537. The highest BCUT2D eigenvalue weighted by atomic mass is 35.5. The zero-order valence-corrected chi connectivity index (χ0v) is 18.8. The van der Waals surface area contributed by atoms with Gasteiger partial charge in [0.2, 0.25) is 5.96 Å². The summed E-state index contributed by atoms with van der Waals surface area (Å²) in [6, 6.07) is 13.3. The first-order chi connectivity index (χ1) is 15.4. The number of rotatable bonds is 5. The number of aliphatic imine (C=N–C) groups is 1. The second-order valence-corrected chi connectivity index (χ2v) is 7.13. The summed E-state index contributed by atoms with van der Waals surface area (Å²) in [7, 11) is 3.09. The summed E-state index contributed by atoms with van der Waals surface area (Å²) < 4.78 is 10.7. The third-order valence-corrected chi connectivity index (χ3v) is 4.39. The maximum atomic E-state index is 12.6. The second kappa shape index (κ2) is 10.5. The lowest BCUT2D eigenvalue weighted by Crippen LogP contribution is -2.38. The van der Waals surface area contributed by atoms with Gasteiger partial charge in [0.25, 0.3) is 5.95 Å². The van der Waals surface area contributed by atoms with Crippen LogP contribution in [0.5, 0.6) is 11.5 Å². The van der Waals surface area contributed by atoms with Gasteiger partial charge >= 0.3 is 6.03 Å². The molecule has 0 atom stereocenters. The topological polar surface area (TPSA) is 110 Å². The molecule has 166 valence electrons.